The van der Waals surface area contributed by atoms with Gasteiger partial charge in [-0.15, -0.1) is 0 Å². The maximum atomic E-state index is 12.4. The number of nitro benzene ring substituents is 1. The van der Waals surface area contributed by atoms with Gasteiger partial charge in [-0.25, -0.2) is 0 Å². The fraction of sp³-hybridized carbons (Fsp3) is 0.350. The lowest BCUT2D eigenvalue weighted by atomic mass is 10.1. The number of nitrogens with one attached hydrogen (secondary N) is 1. The van der Waals surface area contributed by atoms with Gasteiger partial charge in [0.1, 0.15) is 12.4 Å². The number of nitrogens with zero attached hydrogens (tertiary/aromatic N) is 1. The third-order valence-corrected chi connectivity index (χ3v) is 4.58. The molecule has 1 aliphatic rings. The molecule has 0 aliphatic carbocycles. The van der Waals surface area contributed by atoms with E-state index in [-0.39, 0.29) is 17.7 Å². The monoisotopic (exact) mass is 370 g/mol. The van der Waals surface area contributed by atoms with E-state index in [2.05, 4.69) is 5.32 Å². The van der Waals surface area contributed by atoms with Crippen molar-refractivity contribution in [2.24, 2.45) is 0 Å². The molecule has 1 N–H and O–H groups in total. The van der Waals surface area contributed by atoms with Gasteiger partial charge < -0.3 is 14.8 Å². The number of carbonyl (C=O) groups is 1. The standard InChI is InChI=1S/C20H22N2O5/c1-14-18(5-2-6-19(14)22(24)25)20(23)21-12-15-7-9-16(10-8-15)27-13-17-4-3-11-26-17/h2,5-10,17H,3-4,11-13H2,1H3,(H,21,23). The molecule has 2 aromatic carbocycles. The molecule has 27 heavy (non-hydrogen) atoms. The highest BCUT2D eigenvalue weighted by atomic mass is 16.6. The Kier molecular flexibility index (Phi) is 6.03. The Labute approximate surface area is 157 Å². The summed E-state index contributed by atoms with van der Waals surface area (Å²) in [7, 11) is 0. The molecule has 3 rings (SSSR count). The molecule has 0 radical (unpaired) electrons. The summed E-state index contributed by atoms with van der Waals surface area (Å²) in [4.78, 5) is 22.9. The number of rotatable bonds is 7. The van der Waals surface area contributed by atoms with Crippen LogP contribution in [0.4, 0.5) is 5.69 Å². The molecule has 2 aromatic rings. The molecule has 1 saturated heterocycles. The Morgan fingerprint density at radius 3 is 2.74 bits per heavy atom. The first-order valence-corrected chi connectivity index (χ1v) is 8.90. The maximum Gasteiger partial charge on any atom is 0.273 e. The Hall–Kier alpha value is -2.93. The van der Waals surface area contributed by atoms with Crippen molar-refractivity contribution in [2.75, 3.05) is 13.2 Å². The molecule has 1 amide bonds. The largest absolute Gasteiger partial charge is 0.491 e. The fourth-order valence-electron chi connectivity index (χ4n) is 3.01. The molecule has 1 heterocycles. The Morgan fingerprint density at radius 1 is 1.30 bits per heavy atom. The number of nitro groups is 1. The van der Waals surface area contributed by atoms with E-state index in [1.165, 1.54) is 12.1 Å². The molecule has 0 spiro atoms. The molecule has 1 atom stereocenters. The second-order valence-corrected chi connectivity index (χ2v) is 6.48. The number of hydrogen-bond acceptors (Lipinski definition) is 5. The van der Waals surface area contributed by atoms with E-state index in [0.717, 1.165) is 30.8 Å². The van der Waals surface area contributed by atoms with E-state index in [9.17, 15) is 14.9 Å². The molecule has 0 saturated carbocycles. The van der Waals surface area contributed by atoms with Crippen LogP contribution in [0.2, 0.25) is 0 Å². The number of carbonyl (C=O) groups excluding carboxylic acids is 1. The van der Waals surface area contributed by atoms with Gasteiger partial charge in [-0.3, -0.25) is 14.9 Å². The summed E-state index contributed by atoms with van der Waals surface area (Å²) in [5.41, 5.74) is 1.52. The zero-order valence-corrected chi connectivity index (χ0v) is 15.1. The third kappa shape index (κ3) is 4.83. The molecule has 1 unspecified atom stereocenters. The Bertz CT molecular complexity index is 814. The van der Waals surface area contributed by atoms with Crippen LogP contribution in [0, 0.1) is 17.0 Å². The smallest absolute Gasteiger partial charge is 0.273 e. The van der Waals surface area contributed by atoms with Crippen LogP contribution in [0.1, 0.15) is 34.3 Å². The predicted octanol–water partition coefficient (Wildman–Crippen LogP) is 3.39. The number of amides is 1. The van der Waals surface area contributed by atoms with Crippen LogP contribution < -0.4 is 10.1 Å². The zero-order chi connectivity index (χ0) is 19.2. The minimum atomic E-state index is -0.485. The third-order valence-electron chi connectivity index (χ3n) is 4.58. The summed E-state index contributed by atoms with van der Waals surface area (Å²) < 4.78 is 11.2. The van der Waals surface area contributed by atoms with Gasteiger partial charge in [0.25, 0.3) is 11.6 Å². The van der Waals surface area contributed by atoms with Crippen molar-refractivity contribution in [2.45, 2.75) is 32.4 Å². The fourth-order valence-corrected chi connectivity index (χ4v) is 3.01. The summed E-state index contributed by atoms with van der Waals surface area (Å²) in [5.74, 6) is 0.421. The highest BCUT2D eigenvalue weighted by Crippen LogP contribution is 2.21. The van der Waals surface area contributed by atoms with Crippen LogP contribution in [0.15, 0.2) is 42.5 Å². The minimum Gasteiger partial charge on any atom is -0.491 e. The predicted molar refractivity (Wildman–Crippen MR) is 99.9 cm³/mol. The van der Waals surface area contributed by atoms with Crippen molar-refractivity contribution >= 4 is 11.6 Å². The molecular weight excluding hydrogens is 348 g/mol. The van der Waals surface area contributed by atoms with E-state index in [4.69, 9.17) is 9.47 Å². The second kappa shape index (κ2) is 8.64. The molecule has 7 nitrogen and oxygen atoms in total. The quantitative estimate of drug-likeness (QED) is 0.596. The molecule has 7 heteroatoms. The Balaban J connectivity index is 1.54. The first kappa shape index (κ1) is 18.8. The van der Waals surface area contributed by atoms with E-state index in [1.54, 1.807) is 13.0 Å². The lowest BCUT2D eigenvalue weighted by Crippen LogP contribution is -2.23. The summed E-state index contributed by atoms with van der Waals surface area (Å²) in [6, 6.07) is 12.0. The van der Waals surface area contributed by atoms with Crippen LogP contribution in [-0.2, 0) is 11.3 Å². The van der Waals surface area contributed by atoms with E-state index in [1.807, 2.05) is 24.3 Å². The molecule has 0 aromatic heterocycles. The average molecular weight is 370 g/mol. The van der Waals surface area contributed by atoms with Gasteiger partial charge in [-0.2, -0.15) is 0 Å². The minimum absolute atomic E-state index is 0.0598. The van der Waals surface area contributed by atoms with E-state index >= 15 is 0 Å². The lowest BCUT2D eigenvalue weighted by molar-refractivity contribution is -0.385. The summed E-state index contributed by atoms with van der Waals surface area (Å²) in [6.07, 6.45) is 2.28. The van der Waals surface area contributed by atoms with Gasteiger partial charge in [0.2, 0.25) is 0 Å². The van der Waals surface area contributed by atoms with Gasteiger partial charge >= 0.3 is 0 Å². The molecule has 1 aliphatic heterocycles. The second-order valence-electron chi connectivity index (χ2n) is 6.48. The lowest BCUT2D eigenvalue weighted by Gasteiger charge is -2.12. The van der Waals surface area contributed by atoms with Gasteiger partial charge in [-0.1, -0.05) is 18.2 Å². The number of benzene rings is 2. The molecule has 0 bridgehead atoms. The molecule has 1 fully saturated rings. The average Bonchev–Trinajstić information content (AvgIpc) is 3.19. The highest BCUT2D eigenvalue weighted by Gasteiger charge is 2.18. The van der Waals surface area contributed by atoms with E-state index in [0.29, 0.717) is 24.3 Å². The van der Waals surface area contributed by atoms with Crippen molar-refractivity contribution in [1.29, 1.82) is 0 Å². The van der Waals surface area contributed by atoms with Crippen molar-refractivity contribution in [3.05, 3.63) is 69.3 Å². The van der Waals surface area contributed by atoms with Crippen molar-refractivity contribution < 1.29 is 19.2 Å². The molecule has 142 valence electrons. The zero-order valence-electron chi connectivity index (χ0n) is 15.1. The van der Waals surface area contributed by atoms with Gasteiger partial charge in [0, 0.05) is 30.3 Å². The van der Waals surface area contributed by atoms with Crippen molar-refractivity contribution in [3.63, 3.8) is 0 Å². The number of hydrogen-bond donors (Lipinski definition) is 1. The first-order chi connectivity index (χ1) is 13.0. The topological polar surface area (TPSA) is 90.7 Å². The van der Waals surface area contributed by atoms with Crippen LogP contribution >= 0.6 is 0 Å². The summed E-state index contributed by atoms with van der Waals surface area (Å²) in [5, 5.41) is 13.8. The molecular formula is C20H22N2O5. The maximum absolute atomic E-state index is 12.4. The van der Waals surface area contributed by atoms with Gasteiger partial charge in [0.05, 0.1) is 11.0 Å². The summed E-state index contributed by atoms with van der Waals surface area (Å²) >= 11 is 0. The highest BCUT2D eigenvalue weighted by molar-refractivity contribution is 5.96. The van der Waals surface area contributed by atoms with Crippen molar-refractivity contribution in [3.8, 4) is 5.75 Å². The van der Waals surface area contributed by atoms with Crippen LogP contribution in [-0.4, -0.2) is 30.1 Å². The normalized spacial score (nSPS) is 16.1. The van der Waals surface area contributed by atoms with E-state index < -0.39 is 4.92 Å². The number of ether oxygens (including phenoxy) is 2. The Morgan fingerprint density at radius 2 is 2.07 bits per heavy atom. The van der Waals surface area contributed by atoms with Crippen LogP contribution in [0.3, 0.4) is 0 Å². The van der Waals surface area contributed by atoms with Crippen LogP contribution in [0.5, 0.6) is 5.75 Å². The van der Waals surface area contributed by atoms with Crippen molar-refractivity contribution in [1.82, 2.24) is 5.32 Å². The van der Waals surface area contributed by atoms with Gasteiger partial charge in [-0.05, 0) is 43.5 Å². The van der Waals surface area contributed by atoms with Crippen LogP contribution in [0.25, 0.3) is 0 Å². The SMILES string of the molecule is Cc1c(C(=O)NCc2ccc(OCC3CCCO3)cc2)cccc1[N+](=O)[O-]. The van der Waals surface area contributed by atoms with Gasteiger partial charge in [0.15, 0.2) is 0 Å². The first-order valence-electron chi connectivity index (χ1n) is 8.90. The summed E-state index contributed by atoms with van der Waals surface area (Å²) in [6.45, 7) is 3.25.